The third-order valence-electron chi connectivity index (χ3n) is 1.53. The van der Waals surface area contributed by atoms with Crippen LogP contribution in [0.4, 0.5) is 0 Å². The van der Waals surface area contributed by atoms with E-state index in [4.69, 9.17) is 4.74 Å². The van der Waals surface area contributed by atoms with E-state index in [1.54, 1.807) is 7.05 Å². The molecule has 0 radical (unpaired) electrons. The normalized spacial score (nSPS) is 10.5. The molecule has 0 spiro atoms. The van der Waals surface area contributed by atoms with Crippen molar-refractivity contribution in [3.63, 3.8) is 0 Å². The highest BCUT2D eigenvalue weighted by atomic mass is 16.5. The maximum absolute atomic E-state index is 10.7. The third-order valence-corrected chi connectivity index (χ3v) is 1.53. The molecule has 0 aromatic carbocycles. The Morgan fingerprint density at radius 2 is 2.15 bits per heavy atom. The molecule has 0 aromatic heterocycles. The molecule has 0 rings (SSSR count). The molecule has 2 N–H and O–H groups in total. The highest BCUT2D eigenvalue weighted by molar-refractivity contribution is 5.76. The number of nitrogens with one attached hydrogen (secondary N) is 2. The van der Waals surface area contributed by atoms with E-state index in [9.17, 15) is 4.79 Å². The largest absolute Gasteiger partial charge is 0.372 e. The molecule has 0 saturated carbocycles. The maximum Gasteiger partial charge on any atom is 0.245 e. The lowest BCUT2D eigenvalue weighted by molar-refractivity contribution is -0.125. The third kappa shape index (κ3) is 9.30. The quantitative estimate of drug-likeness (QED) is 0.559. The SMILES string of the molecule is CNC(=O)COCCCNC(C)C. The Morgan fingerprint density at radius 1 is 1.46 bits per heavy atom. The standard InChI is InChI=1S/C9H20N2O2/c1-8(2)11-5-4-6-13-7-9(12)10-3/h8,11H,4-7H2,1-3H3,(H,10,12). The fraction of sp³-hybridized carbons (Fsp3) is 0.889. The summed E-state index contributed by atoms with van der Waals surface area (Å²) in [4.78, 5) is 10.7. The van der Waals surface area contributed by atoms with Crippen LogP contribution < -0.4 is 10.6 Å². The van der Waals surface area contributed by atoms with Gasteiger partial charge in [-0.25, -0.2) is 0 Å². The van der Waals surface area contributed by atoms with Gasteiger partial charge in [0.1, 0.15) is 6.61 Å². The van der Waals surface area contributed by atoms with E-state index >= 15 is 0 Å². The van der Waals surface area contributed by atoms with Crippen molar-refractivity contribution in [3.8, 4) is 0 Å². The predicted molar refractivity (Wildman–Crippen MR) is 52.6 cm³/mol. The fourth-order valence-corrected chi connectivity index (χ4v) is 0.802. The highest BCUT2D eigenvalue weighted by Gasteiger charge is 1.96. The van der Waals surface area contributed by atoms with Crippen LogP contribution in [-0.4, -0.2) is 38.8 Å². The summed E-state index contributed by atoms with van der Waals surface area (Å²) in [6, 6.07) is 0.513. The zero-order valence-electron chi connectivity index (χ0n) is 8.72. The van der Waals surface area contributed by atoms with Gasteiger partial charge in [0.25, 0.3) is 0 Å². The van der Waals surface area contributed by atoms with Gasteiger partial charge in [-0.1, -0.05) is 13.8 Å². The van der Waals surface area contributed by atoms with Gasteiger partial charge in [-0.2, -0.15) is 0 Å². The van der Waals surface area contributed by atoms with Crippen LogP contribution in [0.25, 0.3) is 0 Å². The first-order valence-electron chi connectivity index (χ1n) is 4.68. The minimum absolute atomic E-state index is 0.0724. The lowest BCUT2D eigenvalue weighted by Gasteiger charge is -2.07. The number of hydrogen-bond donors (Lipinski definition) is 2. The minimum Gasteiger partial charge on any atom is -0.372 e. The summed E-state index contributed by atoms with van der Waals surface area (Å²) in [6.07, 6.45) is 0.940. The molecule has 4 heteroatoms. The van der Waals surface area contributed by atoms with Crippen LogP contribution in [0.5, 0.6) is 0 Å². The van der Waals surface area contributed by atoms with Gasteiger partial charge in [0.15, 0.2) is 0 Å². The van der Waals surface area contributed by atoms with Crippen LogP contribution >= 0.6 is 0 Å². The second-order valence-corrected chi connectivity index (χ2v) is 3.19. The molecule has 1 amide bonds. The average Bonchev–Trinajstić information content (AvgIpc) is 2.10. The molecule has 4 nitrogen and oxygen atoms in total. The molecule has 0 saturated heterocycles. The van der Waals surface area contributed by atoms with E-state index in [0.717, 1.165) is 13.0 Å². The van der Waals surface area contributed by atoms with Crippen LogP contribution in [0.3, 0.4) is 0 Å². The molecule has 0 bridgehead atoms. The molecule has 0 aliphatic carbocycles. The molecule has 0 aromatic rings. The summed E-state index contributed by atoms with van der Waals surface area (Å²) in [5.41, 5.74) is 0. The van der Waals surface area contributed by atoms with Crippen LogP contribution in [-0.2, 0) is 9.53 Å². The smallest absolute Gasteiger partial charge is 0.245 e. The van der Waals surface area contributed by atoms with E-state index < -0.39 is 0 Å². The molecule has 0 heterocycles. The van der Waals surface area contributed by atoms with E-state index in [0.29, 0.717) is 12.6 Å². The number of hydrogen-bond acceptors (Lipinski definition) is 3. The molecule has 0 fully saturated rings. The Morgan fingerprint density at radius 3 is 2.69 bits per heavy atom. The molecule has 0 aliphatic rings. The lowest BCUT2D eigenvalue weighted by Crippen LogP contribution is -2.26. The van der Waals surface area contributed by atoms with E-state index in [2.05, 4.69) is 24.5 Å². The molecule has 78 valence electrons. The molecular formula is C9H20N2O2. The van der Waals surface area contributed by atoms with Crippen molar-refractivity contribution in [2.24, 2.45) is 0 Å². The second-order valence-electron chi connectivity index (χ2n) is 3.19. The lowest BCUT2D eigenvalue weighted by atomic mass is 10.3. The Kier molecular flexibility index (Phi) is 7.63. The van der Waals surface area contributed by atoms with Crippen LogP contribution in [0.15, 0.2) is 0 Å². The number of carbonyl (C=O) groups is 1. The van der Waals surface area contributed by atoms with Gasteiger partial charge < -0.3 is 15.4 Å². The zero-order chi connectivity index (χ0) is 10.1. The van der Waals surface area contributed by atoms with E-state index in [-0.39, 0.29) is 12.5 Å². The number of carbonyl (C=O) groups excluding carboxylic acids is 1. The Bertz CT molecular complexity index is 138. The van der Waals surface area contributed by atoms with Gasteiger partial charge in [-0.3, -0.25) is 4.79 Å². The Balaban J connectivity index is 3.04. The topological polar surface area (TPSA) is 50.4 Å². The van der Waals surface area contributed by atoms with Gasteiger partial charge in [-0.05, 0) is 13.0 Å². The first kappa shape index (κ1) is 12.4. The molecule has 13 heavy (non-hydrogen) atoms. The summed E-state index contributed by atoms with van der Waals surface area (Å²) in [6.45, 7) is 5.94. The summed E-state index contributed by atoms with van der Waals surface area (Å²) in [7, 11) is 1.60. The fourth-order valence-electron chi connectivity index (χ4n) is 0.802. The maximum atomic E-state index is 10.7. The number of amides is 1. The Hall–Kier alpha value is -0.610. The van der Waals surface area contributed by atoms with Crippen molar-refractivity contribution in [1.82, 2.24) is 10.6 Å². The molecule has 0 unspecified atom stereocenters. The number of likely N-dealkylation sites (N-methyl/N-ethyl adjacent to an activating group) is 1. The number of rotatable bonds is 7. The van der Waals surface area contributed by atoms with Gasteiger partial charge >= 0.3 is 0 Å². The van der Waals surface area contributed by atoms with Gasteiger partial charge in [0.05, 0.1) is 0 Å². The minimum atomic E-state index is -0.0724. The summed E-state index contributed by atoms with van der Waals surface area (Å²) < 4.78 is 5.12. The second kappa shape index (κ2) is 8.01. The Labute approximate surface area is 80.0 Å². The van der Waals surface area contributed by atoms with Crippen molar-refractivity contribution in [1.29, 1.82) is 0 Å². The monoisotopic (exact) mass is 188 g/mol. The van der Waals surface area contributed by atoms with Crippen LogP contribution in [0.2, 0.25) is 0 Å². The van der Waals surface area contributed by atoms with Gasteiger partial charge in [0.2, 0.25) is 5.91 Å². The van der Waals surface area contributed by atoms with Crippen molar-refractivity contribution >= 4 is 5.91 Å². The van der Waals surface area contributed by atoms with Crippen LogP contribution in [0.1, 0.15) is 20.3 Å². The van der Waals surface area contributed by atoms with Crippen molar-refractivity contribution < 1.29 is 9.53 Å². The zero-order valence-corrected chi connectivity index (χ0v) is 8.72. The van der Waals surface area contributed by atoms with Gasteiger partial charge in [0, 0.05) is 19.7 Å². The molecular weight excluding hydrogens is 168 g/mol. The first-order chi connectivity index (χ1) is 6.16. The highest BCUT2D eigenvalue weighted by Crippen LogP contribution is 1.83. The van der Waals surface area contributed by atoms with Crippen molar-refractivity contribution in [2.75, 3.05) is 26.8 Å². The predicted octanol–water partition coefficient (Wildman–Crippen LogP) is 0.137. The average molecular weight is 188 g/mol. The molecule has 0 aliphatic heterocycles. The summed E-state index contributed by atoms with van der Waals surface area (Å²) >= 11 is 0. The summed E-state index contributed by atoms with van der Waals surface area (Å²) in [5.74, 6) is -0.0724. The van der Waals surface area contributed by atoms with E-state index in [1.807, 2.05) is 0 Å². The van der Waals surface area contributed by atoms with E-state index in [1.165, 1.54) is 0 Å². The molecule has 0 atom stereocenters. The van der Waals surface area contributed by atoms with Gasteiger partial charge in [-0.15, -0.1) is 0 Å². The number of ether oxygens (including phenoxy) is 1. The van der Waals surface area contributed by atoms with Crippen molar-refractivity contribution in [3.05, 3.63) is 0 Å². The first-order valence-corrected chi connectivity index (χ1v) is 4.68. The summed E-state index contributed by atoms with van der Waals surface area (Å²) in [5, 5.41) is 5.76. The van der Waals surface area contributed by atoms with Crippen molar-refractivity contribution in [2.45, 2.75) is 26.3 Å². The van der Waals surface area contributed by atoms with Crippen LogP contribution in [0, 0.1) is 0 Å².